The summed E-state index contributed by atoms with van der Waals surface area (Å²) >= 11 is 0. The molecule has 2 aromatic heterocycles. The van der Waals surface area contributed by atoms with Crippen LogP contribution in [0.4, 0.5) is 5.69 Å². The molecule has 1 aromatic carbocycles. The van der Waals surface area contributed by atoms with Gasteiger partial charge in [0.05, 0.1) is 49.2 Å². The van der Waals surface area contributed by atoms with E-state index >= 15 is 0 Å². The molecule has 3 aromatic rings. The number of aliphatic hydroxyl groups is 1. The molecule has 0 bridgehead atoms. The monoisotopic (exact) mass is 423 g/mol. The zero-order chi connectivity index (χ0) is 22.0. The van der Waals surface area contributed by atoms with E-state index in [9.17, 15) is 4.79 Å². The van der Waals surface area contributed by atoms with Gasteiger partial charge in [-0.25, -0.2) is 4.98 Å². The zero-order valence-electron chi connectivity index (χ0n) is 18.3. The van der Waals surface area contributed by atoms with Gasteiger partial charge in [-0.3, -0.25) is 4.79 Å². The molecule has 3 heterocycles. The minimum atomic E-state index is 0.00169. The molecule has 0 unspecified atom stereocenters. The topological polar surface area (TPSA) is 76.8 Å². The Morgan fingerprint density at radius 3 is 2.48 bits per heavy atom. The second kappa shape index (κ2) is 9.08. The normalized spacial score (nSPS) is 14.9. The van der Waals surface area contributed by atoms with Crippen LogP contribution < -0.4 is 9.64 Å². The molecule has 7 heteroatoms. The number of aromatic nitrogens is 2. The van der Waals surface area contributed by atoms with Crippen LogP contribution in [0.1, 0.15) is 35.8 Å². The number of nitrogens with zero attached hydrogens (tertiary/aromatic N) is 3. The van der Waals surface area contributed by atoms with Crippen LogP contribution in [0.2, 0.25) is 0 Å². The van der Waals surface area contributed by atoms with Crippen LogP contribution in [0.3, 0.4) is 0 Å². The van der Waals surface area contributed by atoms with Crippen molar-refractivity contribution in [2.45, 2.75) is 32.8 Å². The van der Waals surface area contributed by atoms with Gasteiger partial charge in [-0.2, -0.15) is 0 Å². The van der Waals surface area contributed by atoms with Gasteiger partial charge >= 0.3 is 0 Å². The van der Waals surface area contributed by atoms with Gasteiger partial charge in [-0.15, -0.1) is 0 Å². The Hall–Kier alpha value is -2.90. The van der Waals surface area contributed by atoms with Crippen molar-refractivity contribution in [2.75, 3.05) is 38.3 Å². The number of methoxy groups -OCH3 is 1. The molecule has 1 aliphatic heterocycles. The van der Waals surface area contributed by atoms with Crippen LogP contribution in [0.15, 0.2) is 36.5 Å². The van der Waals surface area contributed by atoms with Crippen molar-refractivity contribution in [1.29, 1.82) is 0 Å². The molecule has 0 spiro atoms. The molecule has 7 nitrogen and oxygen atoms in total. The summed E-state index contributed by atoms with van der Waals surface area (Å²) in [5.74, 6) is 0.658. The van der Waals surface area contributed by atoms with Crippen molar-refractivity contribution in [1.82, 2.24) is 9.55 Å². The first-order valence-corrected chi connectivity index (χ1v) is 10.7. The molecule has 4 rings (SSSR count). The summed E-state index contributed by atoms with van der Waals surface area (Å²) in [5.41, 5.74) is 5.22. The number of ether oxygens (including phenoxy) is 2. The van der Waals surface area contributed by atoms with Crippen molar-refractivity contribution in [3.05, 3.63) is 47.8 Å². The van der Waals surface area contributed by atoms with Gasteiger partial charge in [-0.05, 0) is 51.0 Å². The number of ketones is 1. The summed E-state index contributed by atoms with van der Waals surface area (Å²) < 4.78 is 13.1. The molecule has 31 heavy (non-hydrogen) atoms. The molecule has 0 atom stereocenters. The lowest BCUT2D eigenvalue weighted by Gasteiger charge is -2.33. The molecule has 1 aliphatic rings. The number of aliphatic hydroxyl groups excluding tert-OH is 1. The first kappa shape index (κ1) is 21.3. The fraction of sp³-hybridized carbons (Fsp3) is 0.417. The molecule has 1 fully saturated rings. The maximum Gasteiger partial charge on any atom is 0.163 e. The number of benzene rings is 1. The number of anilines is 1. The highest BCUT2D eigenvalue weighted by Crippen LogP contribution is 2.31. The van der Waals surface area contributed by atoms with Crippen LogP contribution in [-0.2, 0) is 4.74 Å². The maximum absolute atomic E-state index is 12.3. The van der Waals surface area contributed by atoms with Crippen LogP contribution in [0.25, 0.3) is 16.7 Å². The zero-order valence-corrected chi connectivity index (χ0v) is 18.3. The number of fused-ring (bicyclic) bond motifs is 1. The van der Waals surface area contributed by atoms with E-state index in [0.717, 1.165) is 42.8 Å². The van der Waals surface area contributed by atoms with E-state index in [-0.39, 0.29) is 18.5 Å². The summed E-state index contributed by atoms with van der Waals surface area (Å²) in [6.45, 7) is 5.87. The van der Waals surface area contributed by atoms with Gasteiger partial charge in [0.1, 0.15) is 5.75 Å². The van der Waals surface area contributed by atoms with Crippen LogP contribution in [-0.4, -0.2) is 60.0 Å². The molecule has 1 N–H and O–H groups in total. The van der Waals surface area contributed by atoms with Crippen molar-refractivity contribution < 1.29 is 19.4 Å². The number of pyridine rings is 1. The summed E-state index contributed by atoms with van der Waals surface area (Å²) in [4.78, 5) is 19.2. The first-order chi connectivity index (χ1) is 15.0. The molecule has 0 amide bonds. The molecule has 0 aliphatic carbocycles. The molecular weight excluding hydrogens is 394 g/mol. The lowest BCUT2D eigenvalue weighted by molar-refractivity contribution is 0.0159. The van der Waals surface area contributed by atoms with E-state index in [2.05, 4.69) is 38.7 Å². The average Bonchev–Trinajstić information content (AvgIpc) is 3.09. The lowest BCUT2D eigenvalue weighted by atomic mass is 10.1. The van der Waals surface area contributed by atoms with Gasteiger partial charge in [0.25, 0.3) is 0 Å². The quantitative estimate of drug-likeness (QED) is 0.586. The van der Waals surface area contributed by atoms with Gasteiger partial charge < -0.3 is 24.0 Å². The Labute approximate surface area is 182 Å². The third-order valence-electron chi connectivity index (χ3n) is 5.97. The predicted octanol–water partition coefficient (Wildman–Crippen LogP) is 3.52. The highest BCUT2D eigenvalue weighted by atomic mass is 16.5. The maximum atomic E-state index is 12.3. The number of rotatable bonds is 7. The predicted molar refractivity (Wildman–Crippen MR) is 121 cm³/mol. The number of Topliss-reactive ketones (excluding diaryl/α,β-unsaturated/α-hetero) is 1. The van der Waals surface area contributed by atoms with Crippen molar-refractivity contribution in [2.24, 2.45) is 0 Å². The summed E-state index contributed by atoms with van der Waals surface area (Å²) in [5, 5.41) is 8.93. The highest BCUT2D eigenvalue weighted by Gasteiger charge is 2.22. The lowest BCUT2D eigenvalue weighted by Crippen LogP contribution is -2.37. The van der Waals surface area contributed by atoms with Crippen LogP contribution in [0.5, 0.6) is 5.75 Å². The summed E-state index contributed by atoms with van der Waals surface area (Å²) in [6, 6.07) is 10.3. The number of carbonyl (C=O) groups excluding carboxylic acids is 1. The second-order valence-corrected chi connectivity index (χ2v) is 7.89. The molecule has 0 radical (unpaired) electrons. The smallest absolute Gasteiger partial charge is 0.163 e. The van der Waals surface area contributed by atoms with Crippen LogP contribution >= 0.6 is 0 Å². The Kier molecular flexibility index (Phi) is 6.25. The SMILES string of the molecule is COc1cnc2c(C(C)=O)c(C)n(-c3ccc(N4CCC(OCCO)CC4)cc3)c2c1. The van der Waals surface area contributed by atoms with Crippen LogP contribution in [0, 0.1) is 6.92 Å². The van der Waals surface area contributed by atoms with Crippen molar-refractivity contribution in [3.63, 3.8) is 0 Å². The summed E-state index contributed by atoms with van der Waals surface area (Å²) in [6.07, 6.45) is 3.78. The van der Waals surface area contributed by atoms with E-state index in [1.807, 2.05) is 13.0 Å². The van der Waals surface area contributed by atoms with E-state index < -0.39 is 0 Å². The Bertz CT molecular complexity index is 1070. The molecular formula is C24H29N3O4. The Balaban J connectivity index is 1.62. The first-order valence-electron chi connectivity index (χ1n) is 10.7. The van der Waals surface area contributed by atoms with Crippen molar-refractivity contribution in [3.8, 4) is 11.4 Å². The number of hydrogen-bond acceptors (Lipinski definition) is 6. The van der Waals surface area contributed by atoms with E-state index in [1.165, 1.54) is 5.69 Å². The standard InChI is InChI=1S/C24H29N3O4/c1-16-23(17(2)29)24-22(14-21(30-3)15-25-24)27(16)19-6-4-18(5-7-19)26-10-8-20(9-11-26)31-13-12-28/h4-7,14-15,20,28H,8-13H2,1-3H3. The van der Waals surface area contributed by atoms with E-state index in [1.54, 1.807) is 20.2 Å². The fourth-order valence-electron chi connectivity index (χ4n) is 4.44. The molecule has 1 saturated heterocycles. The number of carbonyl (C=O) groups is 1. The van der Waals surface area contributed by atoms with Gasteiger partial charge in [-0.1, -0.05) is 0 Å². The largest absolute Gasteiger partial charge is 0.495 e. The average molecular weight is 424 g/mol. The van der Waals surface area contributed by atoms with Gasteiger partial charge in [0.15, 0.2) is 5.78 Å². The Morgan fingerprint density at radius 2 is 1.87 bits per heavy atom. The number of hydrogen-bond donors (Lipinski definition) is 1. The number of piperidine rings is 1. The van der Waals surface area contributed by atoms with Gasteiger partial charge in [0, 0.05) is 36.2 Å². The van der Waals surface area contributed by atoms with E-state index in [4.69, 9.17) is 14.6 Å². The van der Waals surface area contributed by atoms with Crippen molar-refractivity contribution >= 4 is 22.5 Å². The second-order valence-electron chi connectivity index (χ2n) is 7.89. The Morgan fingerprint density at radius 1 is 1.19 bits per heavy atom. The fourth-order valence-corrected chi connectivity index (χ4v) is 4.44. The highest BCUT2D eigenvalue weighted by molar-refractivity contribution is 6.07. The third kappa shape index (κ3) is 4.16. The minimum Gasteiger partial charge on any atom is -0.495 e. The van der Waals surface area contributed by atoms with E-state index in [0.29, 0.717) is 23.4 Å². The van der Waals surface area contributed by atoms with Gasteiger partial charge in [0.2, 0.25) is 0 Å². The molecule has 164 valence electrons. The molecule has 0 saturated carbocycles. The minimum absolute atomic E-state index is 0.00169. The summed E-state index contributed by atoms with van der Waals surface area (Å²) in [7, 11) is 1.61. The third-order valence-corrected chi connectivity index (χ3v) is 5.97.